The van der Waals surface area contributed by atoms with E-state index in [9.17, 15) is 4.79 Å². The van der Waals surface area contributed by atoms with Crippen molar-refractivity contribution in [3.05, 3.63) is 29.3 Å². The SMILES string of the molecule is CC1CN(C(C)(C)CNC(=O)NCc2nc3ccccc3s2)CC(C)O1. The number of hydrogen-bond acceptors (Lipinski definition) is 5. The van der Waals surface area contributed by atoms with E-state index in [4.69, 9.17) is 4.74 Å². The maximum atomic E-state index is 12.2. The van der Waals surface area contributed by atoms with Crippen molar-refractivity contribution in [2.75, 3.05) is 19.6 Å². The van der Waals surface area contributed by atoms with Gasteiger partial charge in [-0.2, -0.15) is 0 Å². The molecule has 1 aromatic heterocycles. The molecule has 0 spiro atoms. The van der Waals surface area contributed by atoms with Crippen LogP contribution >= 0.6 is 11.3 Å². The molecule has 0 radical (unpaired) electrons. The van der Waals surface area contributed by atoms with Crippen molar-refractivity contribution in [1.29, 1.82) is 0 Å². The minimum Gasteiger partial charge on any atom is -0.373 e. The van der Waals surface area contributed by atoms with E-state index in [1.807, 2.05) is 24.3 Å². The van der Waals surface area contributed by atoms with E-state index in [2.05, 4.69) is 48.2 Å². The molecule has 2 atom stereocenters. The molecule has 0 aliphatic carbocycles. The quantitative estimate of drug-likeness (QED) is 0.842. The van der Waals surface area contributed by atoms with Gasteiger partial charge in [0.2, 0.25) is 0 Å². The second-order valence-corrected chi connectivity index (χ2v) is 8.70. The highest BCUT2D eigenvalue weighted by Crippen LogP contribution is 2.22. The average molecular weight is 377 g/mol. The molecule has 1 aliphatic heterocycles. The first-order valence-electron chi connectivity index (χ1n) is 9.10. The van der Waals surface area contributed by atoms with Gasteiger partial charge in [-0.05, 0) is 39.8 Å². The van der Waals surface area contributed by atoms with Crippen molar-refractivity contribution < 1.29 is 9.53 Å². The molecular weight excluding hydrogens is 348 g/mol. The summed E-state index contributed by atoms with van der Waals surface area (Å²) in [6, 6.07) is 7.85. The first-order chi connectivity index (χ1) is 12.3. The van der Waals surface area contributed by atoms with Crippen LogP contribution in [0.4, 0.5) is 4.79 Å². The normalized spacial score (nSPS) is 21.7. The van der Waals surface area contributed by atoms with Gasteiger partial charge in [0.25, 0.3) is 0 Å². The Bertz CT molecular complexity index is 718. The number of carbonyl (C=O) groups excluding carboxylic acids is 1. The number of para-hydroxylation sites is 1. The number of ether oxygens (including phenoxy) is 1. The number of benzene rings is 1. The lowest BCUT2D eigenvalue weighted by molar-refractivity contribution is -0.0947. The lowest BCUT2D eigenvalue weighted by Crippen LogP contribution is -2.59. The van der Waals surface area contributed by atoms with Crippen molar-refractivity contribution >= 4 is 27.6 Å². The maximum Gasteiger partial charge on any atom is 0.315 e. The first kappa shape index (κ1) is 19.1. The zero-order chi connectivity index (χ0) is 18.7. The molecule has 2 unspecified atom stereocenters. The molecule has 2 amide bonds. The molecule has 2 aromatic rings. The number of nitrogens with zero attached hydrogens (tertiary/aromatic N) is 2. The lowest BCUT2D eigenvalue weighted by Gasteiger charge is -2.45. The number of aromatic nitrogens is 1. The third-order valence-corrected chi connectivity index (χ3v) is 5.73. The molecule has 142 valence electrons. The molecule has 1 fully saturated rings. The van der Waals surface area contributed by atoms with Crippen molar-refractivity contribution in [2.24, 2.45) is 0 Å². The van der Waals surface area contributed by atoms with E-state index in [1.54, 1.807) is 11.3 Å². The Hall–Kier alpha value is -1.70. The summed E-state index contributed by atoms with van der Waals surface area (Å²) in [4.78, 5) is 19.1. The first-order valence-corrected chi connectivity index (χ1v) is 9.92. The van der Waals surface area contributed by atoms with Gasteiger partial charge in [0, 0.05) is 25.2 Å². The van der Waals surface area contributed by atoms with Crippen molar-refractivity contribution in [3.8, 4) is 0 Å². The number of morpholine rings is 1. The summed E-state index contributed by atoms with van der Waals surface area (Å²) in [7, 11) is 0. The molecule has 1 saturated heterocycles. The van der Waals surface area contributed by atoms with Crippen LogP contribution < -0.4 is 10.6 Å². The molecule has 0 bridgehead atoms. The molecule has 6 nitrogen and oxygen atoms in total. The third-order valence-electron chi connectivity index (χ3n) is 4.70. The third kappa shape index (κ3) is 4.72. The zero-order valence-electron chi connectivity index (χ0n) is 15.9. The number of nitrogens with one attached hydrogen (secondary N) is 2. The summed E-state index contributed by atoms with van der Waals surface area (Å²) in [6.45, 7) is 11.3. The summed E-state index contributed by atoms with van der Waals surface area (Å²) in [5.74, 6) is 0. The summed E-state index contributed by atoms with van der Waals surface area (Å²) in [6.07, 6.45) is 0.428. The van der Waals surface area contributed by atoms with Gasteiger partial charge in [0.1, 0.15) is 5.01 Å². The standard InChI is InChI=1S/C19H28N4O2S/c1-13-10-23(11-14(2)25-13)19(3,4)12-21-18(24)20-9-17-22-15-7-5-6-8-16(15)26-17/h5-8,13-14H,9-12H2,1-4H3,(H2,20,21,24). The monoisotopic (exact) mass is 376 g/mol. The molecule has 2 heterocycles. The van der Waals surface area contributed by atoms with Crippen LogP contribution in [0.5, 0.6) is 0 Å². The Morgan fingerprint density at radius 2 is 1.96 bits per heavy atom. The fraction of sp³-hybridized carbons (Fsp3) is 0.579. The van der Waals surface area contributed by atoms with Gasteiger partial charge in [-0.25, -0.2) is 9.78 Å². The molecule has 1 aliphatic rings. The fourth-order valence-electron chi connectivity index (χ4n) is 3.29. The summed E-state index contributed by atoms with van der Waals surface area (Å²) in [5.41, 5.74) is 0.853. The van der Waals surface area contributed by atoms with E-state index in [-0.39, 0.29) is 23.8 Å². The molecule has 2 N–H and O–H groups in total. The highest BCUT2D eigenvalue weighted by molar-refractivity contribution is 7.18. The van der Waals surface area contributed by atoms with E-state index in [0.717, 1.165) is 28.3 Å². The largest absolute Gasteiger partial charge is 0.373 e. The smallest absolute Gasteiger partial charge is 0.315 e. The number of urea groups is 1. The van der Waals surface area contributed by atoms with Crippen LogP contribution in [-0.4, -0.2) is 53.3 Å². The van der Waals surface area contributed by atoms with Crippen molar-refractivity contribution in [1.82, 2.24) is 20.5 Å². The Balaban J connectivity index is 1.48. The van der Waals surface area contributed by atoms with Gasteiger partial charge >= 0.3 is 6.03 Å². The van der Waals surface area contributed by atoms with Gasteiger partial charge in [-0.1, -0.05) is 12.1 Å². The molecule has 1 aromatic carbocycles. The van der Waals surface area contributed by atoms with Crippen LogP contribution in [0.1, 0.15) is 32.7 Å². The lowest BCUT2D eigenvalue weighted by atomic mass is 10.0. The minimum atomic E-state index is -0.160. The highest BCUT2D eigenvalue weighted by atomic mass is 32.1. The Morgan fingerprint density at radius 3 is 2.65 bits per heavy atom. The number of fused-ring (bicyclic) bond motifs is 1. The van der Waals surface area contributed by atoms with Crippen LogP contribution in [0.3, 0.4) is 0 Å². The van der Waals surface area contributed by atoms with Gasteiger partial charge < -0.3 is 15.4 Å². The zero-order valence-corrected chi connectivity index (χ0v) is 16.7. The van der Waals surface area contributed by atoms with Gasteiger partial charge in [0.15, 0.2) is 0 Å². The maximum absolute atomic E-state index is 12.2. The number of rotatable bonds is 5. The molecule has 7 heteroatoms. The molecule has 0 saturated carbocycles. The number of hydrogen-bond donors (Lipinski definition) is 2. The predicted molar refractivity (Wildman–Crippen MR) is 106 cm³/mol. The number of amides is 2. The van der Waals surface area contributed by atoms with Crippen LogP contribution in [0.2, 0.25) is 0 Å². The van der Waals surface area contributed by atoms with Crippen LogP contribution in [0.25, 0.3) is 10.2 Å². The Labute approximate surface area is 158 Å². The average Bonchev–Trinajstić information content (AvgIpc) is 3.00. The minimum absolute atomic E-state index is 0.125. The van der Waals surface area contributed by atoms with Crippen LogP contribution in [-0.2, 0) is 11.3 Å². The topological polar surface area (TPSA) is 66.5 Å². The van der Waals surface area contributed by atoms with Crippen LogP contribution in [0.15, 0.2) is 24.3 Å². The second kappa shape index (κ2) is 7.90. The number of thiazole rings is 1. The van der Waals surface area contributed by atoms with Crippen LogP contribution in [0, 0.1) is 0 Å². The van der Waals surface area contributed by atoms with E-state index >= 15 is 0 Å². The Morgan fingerprint density at radius 1 is 1.27 bits per heavy atom. The summed E-state index contributed by atoms with van der Waals surface area (Å²) >= 11 is 1.61. The van der Waals surface area contributed by atoms with E-state index in [0.29, 0.717) is 13.1 Å². The summed E-state index contributed by atoms with van der Waals surface area (Å²) < 4.78 is 6.94. The summed E-state index contributed by atoms with van der Waals surface area (Å²) in [5, 5.41) is 6.82. The Kier molecular flexibility index (Phi) is 5.79. The number of carbonyl (C=O) groups is 1. The van der Waals surface area contributed by atoms with E-state index in [1.165, 1.54) is 0 Å². The van der Waals surface area contributed by atoms with E-state index < -0.39 is 0 Å². The second-order valence-electron chi connectivity index (χ2n) is 7.59. The van der Waals surface area contributed by atoms with Gasteiger partial charge in [0.05, 0.1) is 29.0 Å². The predicted octanol–water partition coefficient (Wildman–Crippen LogP) is 2.98. The van der Waals surface area contributed by atoms with Crippen molar-refractivity contribution in [2.45, 2.75) is 52.0 Å². The highest BCUT2D eigenvalue weighted by Gasteiger charge is 2.33. The van der Waals surface area contributed by atoms with Gasteiger partial charge in [-0.15, -0.1) is 11.3 Å². The van der Waals surface area contributed by atoms with Crippen molar-refractivity contribution in [3.63, 3.8) is 0 Å². The van der Waals surface area contributed by atoms with Gasteiger partial charge in [-0.3, -0.25) is 4.90 Å². The molecular formula is C19H28N4O2S. The molecule has 3 rings (SSSR count). The molecule has 26 heavy (non-hydrogen) atoms. The fourth-order valence-corrected chi connectivity index (χ4v) is 4.20.